The summed E-state index contributed by atoms with van der Waals surface area (Å²) in [5.41, 5.74) is 8.08. The lowest BCUT2D eigenvalue weighted by Gasteiger charge is -2.13. The molecule has 0 saturated carbocycles. The number of phenolic OH excluding ortho intramolecular Hbond substituents is 2. The minimum atomic E-state index is -1.03. The zero-order valence-corrected chi connectivity index (χ0v) is 15.6. The number of nitrogens with two attached hydrogens (primary N) is 1. The summed E-state index contributed by atoms with van der Waals surface area (Å²) < 4.78 is 0. The number of aromatic nitrogens is 2. The number of carbonyl (C=O) groups is 1. The fraction of sp³-hybridized carbons (Fsp3) is 0.190. The summed E-state index contributed by atoms with van der Waals surface area (Å²) in [5, 5.41) is 31.8. The average Bonchev–Trinajstić information content (AvgIpc) is 2.71. The molecule has 1 atom stereocenters. The highest BCUT2D eigenvalue weighted by molar-refractivity contribution is 5.83. The number of hydrogen-bond donors (Lipinski definition) is 5. The molecule has 1 unspecified atom stereocenters. The molecule has 0 bridgehead atoms. The summed E-state index contributed by atoms with van der Waals surface area (Å²) in [6, 6.07) is 13.0. The molecule has 29 heavy (non-hydrogen) atoms. The zero-order valence-electron chi connectivity index (χ0n) is 15.6. The zero-order chi connectivity index (χ0) is 20.8. The molecule has 8 heteroatoms. The molecule has 0 fully saturated rings. The van der Waals surface area contributed by atoms with Crippen LogP contribution in [0.5, 0.6) is 11.5 Å². The Morgan fingerprint density at radius 2 is 1.86 bits per heavy atom. The first-order valence-electron chi connectivity index (χ1n) is 9.13. The second-order valence-corrected chi connectivity index (χ2v) is 6.54. The second kappa shape index (κ2) is 9.03. The second-order valence-electron chi connectivity index (χ2n) is 6.54. The SMILES string of the molecule is NC(CCCNc1ncc(-c2ccccc2)c(-c2ccc(O)cc2O)n1)C(=O)O. The van der Waals surface area contributed by atoms with E-state index in [1.165, 1.54) is 12.1 Å². The molecule has 0 aliphatic heterocycles. The van der Waals surface area contributed by atoms with Crippen LogP contribution < -0.4 is 11.1 Å². The maximum atomic E-state index is 10.8. The van der Waals surface area contributed by atoms with E-state index in [-0.39, 0.29) is 11.5 Å². The normalized spacial score (nSPS) is 11.8. The maximum absolute atomic E-state index is 10.8. The topological polar surface area (TPSA) is 142 Å². The number of rotatable bonds is 8. The van der Waals surface area contributed by atoms with Gasteiger partial charge in [0.2, 0.25) is 5.95 Å². The highest BCUT2D eigenvalue weighted by atomic mass is 16.4. The lowest BCUT2D eigenvalue weighted by Crippen LogP contribution is -2.30. The first-order valence-corrected chi connectivity index (χ1v) is 9.13. The Balaban J connectivity index is 1.88. The number of aliphatic carboxylic acids is 1. The van der Waals surface area contributed by atoms with Crippen molar-refractivity contribution in [3.63, 3.8) is 0 Å². The molecule has 0 amide bonds. The van der Waals surface area contributed by atoms with Gasteiger partial charge in [0.05, 0.1) is 5.69 Å². The van der Waals surface area contributed by atoms with Crippen molar-refractivity contribution in [1.82, 2.24) is 9.97 Å². The van der Waals surface area contributed by atoms with Crippen LogP contribution in [0.1, 0.15) is 12.8 Å². The van der Waals surface area contributed by atoms with Gasteiger partial charge in [-0.1, -0.05) is 30.3 Å². The van der Waals surface area contributed by atoms with E-state index in [0.717, 1.165) is 11.1 Å². The van der Waals surface area contributed by atoms with E-state index >= 15 is 0 Å². The number of nitrogens with one attached hydrogen (secondary N) is 1. The van der Waals surface area contributed by atoms with Crippen LogP contribution in [0.25, 0.3) is 22.4 Å². The Bertz CT molecular complexity index is 995. The van der Waals surface area contributed by atoms with Crippen molar-refractivity contribution in [3.05, 3.63) is 54.7 Å². The lowest BCUT2D eigenvalue weighted by atomic mass is 10.00. The number of phenols is 2. The molecule has 8 nitrogen and oxygen atoms in total. The summed E-state index contributed by atoms with van der Waals surface area (Å²) in [6.45, 7) is 0.451. The van der Waals surface area contributed by atoms with Crippen molar-refractivity contribution in [2.45, 2.75) is 18.9 Å². The minimum Gasteiger partial charge on any atom is -0.508 e. The molecule has 0 spiro atoms. The van der Waals surface area contributed by atoms with Crippen LogP contribution in [0.4, 0.5) is 5.95 Å². The predicted molar refractivity (Wildman–Crippen MR) is 110 cm³/mol. The monoisotopic (exact) mass is 394 g/mol. The molecule has 150 valence electrons. The van der Waals surface area contributed by atoms with Gasteiger partial charge in [0.15, 0.2) is 0 Å². The van der Waals surface area contributed by atoms with Crippen molar-refractivity contribution in [2.24, 2.45) is 5.73 Å². The fourth-order valence-corrected chi connectivity index (χ4v) is 2.87. The Kier molecular flexibility index (Phi) is 6.25. The quantitative estimate of drug-likeness (QED) is 0.367. The van der Waals surface area contributed by atoms with Gasteiger partial charge in [0.1, 0.15) is 17.5 Å². The number of carboxylic acids is 1. The molecule has 1 heterocycles. The fourth-order valence-electron chi connectivity index (χ4n) is 2.87. The van der Waals surface area contributed by atoms with Crippen LogP contribution in [0.2, 0.25) is 0 Å². The van der Waals surface area contributed by atoms with Crippen molar-refractivity contribution < 1.29 is 20.1 Å². The first-order chi connectivity index (χ1) is 14.0. The van der Waals surface area contributed by atoms with Crippen molar-refractivity contribution in [2.75, 3.05) is 11.9 Å². The average molecular weight is 394 g/mol. The third-order valence-corrected chi connectivity index (χ3v) is 4.40. The molecule has 3 aromatic rings. The van der Waals surface area contributed by atoms with E-state index in [1.54, 1.807) is 12.3 Å². The van der Waals surface area contributed by atoms with E-state index in [1.807, 2.05) is 30.3 Å². The largest absolute Gasteiger partial charge is 0.508 e. The van der Waals surface area contributed by atoms with Gasteiger partial charge >= 0.3 is 5.97 Å². The molecular weight excluding hydrogens is 372 g/mol. The van der Waals surface area contributed by atoms with Gasteiger partial charge in [-0.2, -0.15) is 0 Å². The number of benzene rings is 2. The van der Waals surface area contributed by atoms with Crippen molar-refractivity contribution in [1.29, 1.82) is 0 Å². The molecule has 3 rings (SSSR count). The summed E-state index contributed by atoms with van der Waals surface area (Å²) in [5.74, 6) is -0.830. The summed E-state index contributed by atoms with van der Waals surface area (Å²) in [6.07, 6.45) is 2.53. The van der Waals surface area contributed by atoms with Crippen LogP contribution in [-0.2, 0) is 4.79 Å². The summed E-state index contributed by atoms with van der Waals surface area (Å²) in [7, 11) is 0. The predicted octanol–water partition coefficient (Wildman–Crippen LogP) is 2.83. The van der Waals surface area contributed by atoms with Crippen LogP contribution in [0, 0.1) is 0 Å². The van der Waals surface area contributed by atoms with Crippen LogP contribution in [-0.4, -0.2) is 43.8 Å². The van der Waals surface area contributed by atoms with Gasteiger partial charge in [-0.25, -0.2) is 9.97 Å². The number of hydrogen-bond acceptors (Lipinski definition) is 7. The summed E-state index contributed by atoms with van der Waals surface area (Å²) >= 11 is 0. The standard InChI is InChI=1S/C21H22N4O4/c22-17(20(28)29)7-4-10-23-21-24-12-16(13-5-2-1-3-6-13)19(25-21)15-9-8-14(26)11-18(15)27/h1-3,5-6,8-9,11-12,17,26-27H,4,7,10,22H2,(H,28,29)(H,23,24,25). The Morgan fingerprint density at radius 1 is 1.10 bits per heavy atom. The van der Waals surface area contributed by atoms with Crippen molar-refractivity contribution in [3.8, 4) is 33.9 Å². The maximum Gasteiger partial charge on any atom is 0.320 e. The molecular formula is C21H22N4O4. The van der Waals surface area contributed by atoms with Gasteiger partial charge in [0.25, 0.3) is 0 Å². The molecule has 0 radical (unpaired) electrons. The molecule has 2 aromatic carbocycles. The van der Waals surface area contributed by atoms with Crippen LogP contribution >= 0.6 is 0 Å². The lowest BCUT2D eigenvalue weighted by molar-refractivity contribution is -0.138. The molecule has 0 saturated heterocycles. The number of carboxylic acid groups (broad SMARTS) is 1. The molecule has 6 N–H and O–H groups in total. The molecule has 1 aromatic heterocycles. The number of nitrogens with zero attached hydrogens (tertiary/aromatic N) is 2. The Labute approximate surface area is 167 Å². The first kappa shape index (κ1) is 20.1. The van der Waals surface area contributed by atoms with Crippen molar-refractivity contribution >= 4 is 11.9 Å². The smallest absolute Gasteiger partial charge is 0.320 e. The minimum absolute atomic E-state index is 0.0466. The Hall–Kier alpha value is -3.65. The summed E-state index contributed by atoms with van der Waals surface area (Å²) in [4.78, 5) is 19.7. The van der Waals surface area contributed by atoms with E-state index < -0.39 is 12.0 Å². The van der Waals surface area contributed by atoms with E-state index in [0.29, 0.717) is 36.6 Å². The van der Waals surface area contributed by atoms with E-state index in [4.69, 9.17) is 10.8 Å². The van der Waals surface area contributed by atoms with E-state index in [9.17, 15) is 15.0 Å². The van der Waals surface area contributed by atoms with Gasteiger partial charge in [-0.3, -0.25) is 4.79 Å². The third-order valence-electron chi connectivity index (χ3n) is 4.40. The highest BCUT2D eigenvalue weighted by Crippen LogP contribution is 2.37. The van der Waals surface area contributed by atoms with Crippen LogP contribution in [0.3, 0.4) is 0 Å². The molecule has 0 aliphatic rings. The van der Waals surface area contributed by atoms with Gasteiger partial charge in [0, 0.05) is 29.9 Å². The number of aromatic hydroxyl groups is 2. The third kappa shape index (κ3) is 4.99. The van der Waals surface area contributed by atoms with Gasteiger partial charge < -0.3 is 26.4 Å². The highest BCUT2D eigenvalue weighted by Gasteiger charge is 2.16. The number of anilines is 1. The van der Waals surface area contributed by atoms with E-state index in [2.05, 4.69) is 15.3 Å². The van der Waals surface area contributed by atoms with Gasteiger partial charge in [-0.05, 0) is 30.5 Å². The Morgan fingerprint density at radius 3 is 2.55 bits per heavy atom. The molecule has 0 aliphatic carbocycles. The van der Waals surface area contributed by atoms with Gasteiger partial charge in [-0.15, -0.1) is 0 Å². The van der Waals surface area contributed by atoms with Crippen LogP contribution in [0.15, 0.2) is 54.7 Å².